The van der Waals surface area contributed by atoms with Gasteiger partial charge in [0.2, 0.25) is 0 Å². The van der Waals surface area contributed by atoms with Crippen LogP contribution in [-0.2, 0) is 20.7 Å². The lowest BCUT2D eigenvalue weighted by atomic mass is 9.91. The number of nitrogens with zero attached hydrogens (tertiary/aromatic N) is 1. The Morgan fingerprint density at radius 1 is 1.10 bits per heavy atom. The van der Waals surface area contributed by atoms with Crippen LogP contribution in [0.5, 0.6) is 11.5 Å². The smallest absolute Gasteiger partial charge is 0.302 e. The molecule has 1 heterocycles. The highest BCUT2D eigenvalue weighted by Gasteiger charge is 2.36. The normalized spacial score (nSPS) is 24.6. The molecule has 6 nitrogen and oxygen atoms in total. The molecule has 1 aliphatic carbocycles. The summed E-state index contributed by atoms with van der Waals surface area (Å²) in [5.41, 5.74) is 1.18. The Morgan fingerprint density at radius 3 is 2.59 bits per heavy atom. The lowest BCUT2D eigenvalue weighted by molar-refractivity contribution is -0.145. The highest BCUT2D eigenvalue weighted by molar-refractivity contribution is 5.85. The van der Waals surface area contributed by atoms with Crippen LogP contribution in [0.3, 0.4) is 0 Å². The topological polar surface area (TPSA) is 57.2 Å². The fraction of sp³-hybridized carbons (Fsp3) is 0.682. The second kappa shape index (κ2) is 11.6. The Hall–Kier alpha value is -1.50. The monoisotopic (exact) mass is 427 g/mol. The fourth-order valence-corrected chi connectivity index (χ4v) is 4.44. The van der Waals surface area contributed by atoms with E-state index in [9.17, 15) is 4.79 Å². The molecule has 1 unspecified atom stereocenters. The summed E-state index contributed by atoms with van der Waals surface area (Å²) < 4.78 is 22.4. The number of likely N-dealkylation sites (tertiary alicyclic amines) is 1. The van der Waals surface area contributed by atoms with E-state index < -0.39 is 0 Å². The average Bonchev–Trinajstić information content (AvgIpc) is 3.15. The number of carbonyl (C=O) groups excluding carboxylic acids is 1. The van der Waals surface area contributed by atoms with Crippen LogP contribution in [0.4, 0.5) is 0 Å². The maximum atomic E-state index is 11.2. The lowest BCUT2D eigenvalue weighted by Gasteiger charge is -2.37. The number of rotatable bonds is 8. The molecule has 1 aliphatic heterocycles. The Balaban J connectivity index is 0.00000300. The summed E-state index contributed by atoms with van der Waals surface area (Å²) in [4.78, 5) is 13.7. The van der Waals surface area contributed by atoms with E-state index in [1.807, 2.05) is 12.1 Å². The molecule has 1 saturated heterocycles. The molecule has 0 radical (unpaired) electrons. The number of benzene rings is 1. The molecule has 3 atom stereocenters. The van der Waals surface area contributed by atoms with Gasteiger partial charge in [-0.05, 0) is 43.4 Å². The van der Waals surface area contributed by atoms with Crippen LogP contribution in [0.15, 0.2) is 18.2 Å². The summed E-state index contributed by atoms with van der Waals surface area (Å²) in [5.74, 6) is 1.32. The Bertz CT molecular complexity index is 656. The van der Waals surface area contributed by atoms with Crippen molar-refractivity contribution in [2.45, 2.75) is 63.7 Å². The first-order valence-electron chi connectivity index (χ1n) is 10.3. The first kappa shape index (κ1) is 23.8. The maximum Gasteiger partial charge on any atom is 0.302 e. The van der Waals surface area contributed by atoms with Crippen LogP contribution < -0.4 is 9.47 Å². The van der Waals surface area contributed by atoms with Crippen molar-refractivity contribution < 1.29 is 23.7 Å². The molecule has 0 bridgehead atoms. The standard InChI is InChI=1S/C22H33NO5.ClH/c1-16(24)28-18-10-12-23(15-18)19-6-4-5-7-20(19)27-13-11-17-8-9-21(25-2)22(14-17)26-3;/h8-9,14,18-20H,4-7,10-13,15H2,1-3H3;1H/t18-,19?,20-;/m0./s1. The number of halogens is 1. The number of carbonyl (C=O) groups is 1. The van der Waals surface area contributed by atoms with Gasteiger partial charge in [-0.1, -0.05) is 18.9 Å². The fourth-order valence-electron chi connectivity index (χ4n) is 4.44. The molecule has 29 heavy (non-hydrogen) atoms. The van der Waals surface area contributed by atoms with Crippen LogP contribution >= 0.6 is 12.4 Å². The van der Waals surface area contributed by atoms with Gasteiger partial charge in [0.1, 0.15) is 6.10 Å². The summed E-state index contributed by atoms with van der Waals surface area (Å²) in [7, 11) is 3.30. The second-order valence-electron chi connectivity index (χ2n) is 7.72. The van der Waals surface area contributed by atoms with Crippen LogP contribution in [0.1, 0.15) is 44.6 Å². The summed E-state index contributed by atoms with van der Waals surface area (Å²) in [6, 6.07) is 6.45. The highest BCUT2D eigenvalue weighted by Crippen LogP contribution is 2.30. The van der Waals surface area contributed by atoms with E-state index in [1.165, 1.54) is 25.3 Å². The van der Waals surface area contributed by atoms with Crippen molar-refractivity contribution in [3.05, 3.63) is 23.8 Å². The number of esters is 1. The number of methoxy groups -OCH3 is 2. The molecule has 0 aromatic heterocycles. The van der Waals surface area contributed by atoms with Crippen molar-refractivity contribution in [2.75, 3.05) is 33.9 Å². The molecule has 1 aromatic rings. The van der Waals surface area contributed by atoms with Gasteiger partial charge in [-0.25, -0.2) is 0 Å². The van der Waals surface area contributed by atoms with Gasteiger partial charge in [-0.2, -0.15) is 0 Å². The molecule has 0 spiro atoms. The number of hydrogen-bond donors (Lipinski definition) is 0. The molecule has 3 rings (SSSR count). The van der Waals surface area contributed by atoms with Gasteiger partial charge in [0.25, 0.3) is 0 Å². The van der Waals surface area contributed by atoms with Crippen molar-refractivity contribution in [1.82, 2.24) is 4.90 Å². The van der Waals surface area contributed by atoms with Crippen LogP contribution in [0.2, 0.25) is 0 Å². The zero-order valence-electron chi connectivity index (χ0n) is 17.7. The van der Waals surface area contributed by atoms with Crippen molar-refractivity contribution in [3.63, 3.8) is 0 Å². The zero-order chi connectivity index (χ0) is 19.9. The van der Waals surface area contributed by atoms with E-state index in [4.69, 9.17) is 18.9 Å². The summed E-state index contributed by atoms with van der Waals surface area (Å²) in [5, 5.41) is 0. The summed E-state index contributed by atoms with van der Waals surface area (Å²) >= 11 is 0. The predicted molar refractivity (Wildman–Crippen MR) is 114 cm³/mol. The van der Waals surface area contributed by atoms with Gasteiger partial charge in [0.15, 0.2) is 11.5 Å². The molecule has 0 amide bonds. The van der Waals surface area contributed by atoms with Gasteiger partial charge >= 0.3 is 5.97 Å². The minimum Gasteiger partial charge on any atom is -0.493 e. The second-order valence-corrected chi connectivity index (χ2v) is 7.72. The third-order valence-corrected chi connectivity index (χ3v) is 5.82. The van der Waals surface area contributed by atoms with Gasteiger partial charge in [-0.15, -0.1) is 12.4 Å². The minimum atomic E-state index is -0.182. The molecule has 7 heteroatoms. The third-order valence-electron chi connectivity index (χ3n) is 5.82. The van der Waals surface area contributed by atoms with Gasteiger partial charge < -0.3 is 18.9 Å². The molecule has 2 fully saturated rings. The van der Waals surface area contributed by atoms with Crippen molar-refractivity contribution in [2.24, 2.45) is 0 Å². The molecule has 164 valence electrons. The van der Waals surface area contributed by atoms with E-state index in [0.717, 1.165) is 50.3 Å². The maximum absolute atomic E-state index is 11.2. The van der Waals surface area contributed by atoms with E-state index in [1.54, 1.807) is 14.2 Å². The summed E-state index contributed by atoms with van der Waals surface area (Å²) in [6.07, 6.45) is 6.79. The van der Waals surface area contributed by atoms with Gasteiger partial charge in [0, 0.05) is 26.1 Å². The van der Waals surface area contributed by atoms with Crippen molar-refractivity contribution in [3.8, 4) is 11.5 Å². The SMILES string of the molecule is COc1ccc(CCO[C@H]2CCCCC2N2CC[C@H](OC(C)=O)C2)cc1OC.Cl. The Morgan fingerprint density at radius 2 is 1.86 bits per heavy atom. The molecule has 1 saturated carbocycles. The molecular formula is C22H34ClNO5. The summed E-state index contributed by atoms with van der Waals surface area (Å²) in [6.45, 7) is 4.00. The van der Waals surface area contributed by atoms with E-state index in [-0.39, 0.29) is 30.6 Å². The zero-order valence-corrected chi connectivity index (χ0v) is 18.5. The van der Waals surface area contributed by atoms with Crippen LogP contribution in [0.25, 0.3) is 0 Å². The molecule has 0 N–H and O–H groups in total. The number of ether oxygens (including phenoxy) is 4. The lowest BCUT2D eigenvalue weighted by Crippen LogP contribution is -2.46. The first-order valence-corrected chi connectivity index (χ1v) is 10.3. The van der Waals surface area contributed by atoms with Gasteiger partial charge in [-0.3, -0.25) is 9.69 Å². The Labute approximate surface area is 180 Å². The Kier molecular flexibility index (Phi) is 9.53. The number of hydrogen-bond acceptors (Lipinski definition) is 6. The van der Waals surface area contributed by atoms with E-state index in [0.29, 0.717) is 12.6 Å². The van der Waals surface area contributed by atoms with Gasteiger partial charge in [0.05, 0.1) is 26.9 Å². The molecule has 1 aromatic carbocycles. The molecule has 2 aliphatic rings. The van der Waals surface area contributed by atoms with Crippen LogP contribution in [-0.4, -0.2) is 63.0 Å². The first-order chi connectivity index (χ1) is 13.6. The largest absolute Gasteiger partial charge is 0.493 e. The van der Waals surface area contributed by atoms with Crippen molar-refractivity contribution >= 4 is 18.4 Å². The third kappa shape index (κ3) is 6.49. The minimum absolute atomic E-state index is 0. The predicted octanol–water partition coefficient (Wildman–Crippen LogP) is 3.63. The molecular weight excluding hydrogens is 394 g/mol. The average molecular weight is 428 g/mol. The van der Waals surface area contributed by atoms with E-state index >= 15 is 0 Å². The van der Waals surface area contributed by atoms with E-state index in [2.05, 4.69) is 11.0 Å². The highest BCUT2D eigenvalue weighted by atomic mass is 35.5. The van der Waals surface area contributed by atoms with Crippen molar-refractivity contribution in [1.29, 1.82) is 0 Å². The van der Waals surface area contributed by atoms with Crippen LogP contribution in [0, 0.1) is 0 Å². The quantitative estimate of drug-likeness (QED) is 0.590.